The van der Waals surface area contributed by atoms with E-state index in [9.17, 15) is 0 Å². The summed E-state index contributed by atoms with van der Waals surface area (Å²) < 4.78 is 0. The van der Waals surface area contributed by atoms with E-state index in [2.05, 4.69) is 37.1 Å². The van der Waals surface area contributed by atoms with Crippen LogP contribution in [0.2, 0.25) is 10.0 Å². The van der Waals surface area contributed by atoms with Crippen LogP contribution in [-0.4, -0.2) is 65.4 Å². The number of anilines is 1. The molecular formula is C20H27Cl2N7. The number of hydrogen-bond donors (Lipinski definition) is 2. The molecule has 0 saturated carbocycles. The smallest absolute Gasteiger partial charge is 0.157 e. The van der Waals surface area contributed by atoms with Crippen LogP contribution in [0.5, 0.6) is 0 Å². The van der Waals surface area contributed by atoms with Gasteiger partial charge in [-0.1, -0.05) is 23.2 Å². The van der Waals surface area contributed by atoms with Gasteiger partial charge in [-0.05, 0) is 32.2 Å². The van der Waals surface area contributed by atoms with E-state index in [-0.39, 0.29) is 0 Å². The predicted octanol–water partition coefficient (Wildman–Crippen LogP) is 3.33. The maximum absolute atomic E-state index is 6.11. The number of amidine groups is 1. The number of rotatable bonds is 7. The third-order valence-corrected chi connectivity index (χ3v) is 5.49. The summed E-state index contributed by atoms with van der Waals surface area (Å²) in [5.74, 6) is 1.83. The number of nitrogens with two attached hydrogens (primary N) is 1. The Morgan fingerprint density at radius 3 is 2.62 bits per heavy atom. The molecule has 0 atom stereocenters. The molecular weight excluding hydrogens is 409 g/mol. The zero-order chi connectivity index (χ0) is 20.8. The number of halogens is 2. The minimum atomic E-state index is 0.515. The molecule has 2 heterocycles. The van der Waals surface area contributed by atoms with Gasteiger partial charge in [-0.2, -0.15) is 0 Å². The van der Waals surface area contributed by atoms with Crippen molar-refractivity contribution in [2.45, 2.75) is 19.9 Å². The van der Waals surface area contributed by atoms with Gasteiger partial charge in [0.2, 0.25) is 0 Å². The Labute approximate surface area is 181 Å². The van der Waals surface area contributed by atoms with Crippen LogP contribution in [0.15, 0.2) is 29.3 Å². The fourth-order valence-electron chi connectivity index (χ4n) is 3.13. The molecule has 0 radical (unpaired) electrons. The average molecular weight is 436 g/mol. The van der Waals surface area contributed by atoms with Gasteiger partial charge in [0.1, 0.15) is 11.7 Å². The quantitative estimate of drug-likeness (QED) is 0.512. The summed E-state index contributed by atoms with van der Waals surface area (Å²) in [5.41, 5.74) is 7.97. The van der Waals surface area contributed by atoms with Crippen molar-refractivity contribution in [2.24, 2.45) is 10.7 Å². The summed E-state index contributed by atoms with van der Waals surface area (Å²) in [5, 5.41) is 4.31. The van der Waals surface area contributed by atoms with Crippen LogP contribution in [0.25, 0.3) is 0 Å². The van der Waals surface area contributed by atoms with Crippen LogP contribution in [-0.2, 0) is 6.54 Å². The van der Waals surface area contributed by atoms with Crippen LogP contribution >= 0.6 is 23.2 Å². The summed E-state index contributed by atoms with van der Waals surface area (Å²) in [6.45, 7) is 7.56. The third kappa shape index (κ3) is 6.82. The Hall–Kier alpha value is -1.93. The lowest BCUT2D eigenvalue weighted by Crippen LogP contribution is -2.44. The van der Waals surface area contributed by atoms with Crippen LogP contribution in [0.4, 0.5) is 11.5 Å². The predicted molar refractivity (Wildman–Crippen MR) is 120 cm³/mol. The molecule has 3 rings (SSSR count). The molecule has 0 unspecified atom stereocenters. The van der Waals surface area contributed by atoms with Crippen LogP contribution in [0, 0.1) is 6.92 Å². The highest BCUT2D eigenvalue weighted by molar-refractivity contribution is 6.42. The van der Waals surface area contributed by atoms with Gasteiger partial charge in [0.25, 0.3) is 0 Å². The lowest BCUT2D eigenvalue weighted by Gasteiger charge is -2.32. The van der Waals surface area contributed by atoms with E-state index in [1.165, 1.54) is 0 Å². The molecule has 29 heavy (non-hydrogen) atoms. The third-order valence-electron chi connectivity index (χ3n) is 4.75. The van der Waals surface area contributed by atoms with Crippen molar-refractivity contribution in [1.82, 2.24) is 19.8 Å². The standard InChI is InChI=1S/C20H27Cl2N7/c1-14-25-16(13-29-9-7-28(2)8-10-29)12-20(26-14)27-19(23)5-6-24-15-3-4-17(21)18(22)11-15/h3-4,11-12,24H,5-10,13H2,1-2H3,(H2,23,25,26,27). The SMILES string of the molecule is Cc1nc(CN2CCN(C)CC2)cc(N=C(N)CCNc2ccc(Cl)c(Cl)c2)n1. The first-order valence-corrected chi connectivity index (χ1v) is 10.4. The zero-order valence-corrected chi connectivity index (χ0v) is 18.3. The van der Waals surface area contributed by atoms with Gasteiger partial charge in [0.15, 0.2) is 5.82 Å². The topological polar surface area (TPSA) is 82.7 Å². The number of likely N-dealkylation sites (N-methyl/N-ethyl adjacent to an activating group) is 1. The van der Waals surface area contributed by atoms with Crippen LogP contribution in [0.3, 0.4) is 0 Å². The zero-order valence-electron chi connectivity index (χ0n) is 16.8. The van der Waals surface area contributed by atoms with E-state index in [0.717, 1.165) is 44.1 Å². The molecule has 1 aromatic heterocycles. The summed E-state index contributed by atoms with van der Waals surface area (Å²) in [4.78, 5) is 18.2. The van der Waals surface area contributed by atoms with E-state index < -0.39 is 0 Å². The first-order valence-electron chi connectivity index (χ1n) is 9.66. The molecule has 2 aromatic rings. The first kappa shape index (κ1) is 21.8. The highest BCUT2D eigenvalue weighted by atomic mass is 35.5. The van der Waals surface area contributed by atoms with Crippen LogP contribution in [0.1, 0.15) is 17.9 Å². The molecule has 1 aliphatic heterocycles. The molecule has 1 fully saturated rings. The van der Waals surface area contributed by atoms with Gasteiger partial charge < -0.3 is 16.0 Å². The number of aromatic nitrogens is 2. The van der Waals surface area contributed by atoms with Gasteiger partial charge >= 0.3 is 0 Å². The average Bonchev–Trinajstić information content (AvgIpc) is 2.66. The number of hydrogen-bond acceptors (Lipinski definition) is 6. The van der Waals surface area contributed by atoms with E-state index in [0.29, 0.717) is 40.5 Å². The van der Waals surface area contributed by atoms with E-state index in [4.69, 9.17) is 28.9 Å². The lowest BCUT2D eigenvalue weighted by molar-refractivity contribution is 0.147. The van der Waals surface area contributed by atoms with Crippen molar-refractivity contribution >= 4 is 40.5 Å². The maximum Gasteiger partial charge on any atom is 0.157 e. The number of aliphatic imine (C=N–C) groups is 1. The van der Waals surface area contributed by atoms with Gasteiger partial charge in [-0.3, -0.25) is 4.90 Å². The second-order valence-electron chi connectivity index (χ2n) is 7.25. The lowest BCUT2D eigenvalue weighted by atomic mass is 10.3. The number of aryl methyl sites for hydroxylation is 1. The molecule has 0 spiro atoms. The Kier molecular flexibility index (Phi) is 7.66. The summed E-state index contributed by atoms with van der Waals surface area (Å²) in [6.07, 6.45) is 0.580. The van der Waals surface area contributed by atoms with E-state index >= 15 is 0 Å². The van der Waals surface area contributed by atoms with Crippen molar-refractivity contribution in [3.63, 3.8) is 0 Å². The monoisotopic (exact) mass is 435 g/mol. The minimum absolute atomic E-state index is 0.515. The van der Waals surface area contributed by atoms with Crippen molar-refractivity contribution in [3.05, 3.63) is 45.8 Å². The number of nitrogens with zero attached hydrogens (tertiary/aromatic N) is 5. The summed E-state index contributed by atoms with van der Waals surface area (Å²) in [7, 11) is 2.15. The van der Waals surface area contributed by atoms with Gasteiger partial charge in [0, 0.05) is 57.4 Å². The fourth-order valence-corrected chi connectivity index (χ4v) is 3.43. The molecule has 0 bridgehead atoms. The molecule has 3 N–H and O–H groups in total. The van der Waals surface area contributed by atoms with E-state index in [1.807, 2.05) is 19.1 Å². The van der Waals surface area contributed by atoms with Gasteiger partial charge in [0.05, 0.1) is 15.7 Å². The largest absolute Gasteiger partial charge is 0.387 e. The molecule has 0 amide bonds. The molecule has 0 aliphatic carbocycles. The normalized spacial score (nSPS) is 16.2. The van der Waals surface area contributed by atoms with Crippen molar-refractivity contribution in [2.75, 3.05) is 45.1 Å². The summed E-state index contributed by atoms with van der Waals surface area (Å²) >= 11 is 12.0. The Balaban J connectivity index is 1.56. The first-order chi connectivity index (χ1) is 13.9. The van der Waals surface area contributed by atoms with E-state index in [1.54, 1.807) is 12.1 Å². The molecule has 156 valence electrons. The highest BCUT2D eigenvalue weighted by Gasteiger charge is 2.15. The number of benzene rings is 1. The molecule has 7 nitrogen and oxygen atoms in total. The fraction of sp³-hybridized carbons (Fsp3) is 0.450. The molecule has 1 aliphatic rings. The molecule has 1 saturated heterocycles. The highest BCUT2D eigenvalue weighted by Crippen LogP contribution is 2.25. The maximum atomic E-state index is 6.11. The van der Waals surface area contributed by atoms with Crippen molar-refractivity contribution < 1.29 is 0 Å². The van der Waals surface area contributed by atoms with Crippen LogP contribution < -0.4 is 11.1 Å². The Morgan fingerprint density at radius 2 is 1.90 bits per heavy atom. The molecule has 9 heteroatoms. The minimum Gasteiger partial charge on any atom is -0.387 e. The number of nitrogens with one attached hydrogen (secondary N) is 1. The Morgan fingerprint density at radius 1 is 1.14 bits per heavy atom. The second kappa shape index (κ2) is 10.2. The molecule has 1 aromatic carbocycles. The summed E-state index contributed by atoms with van der Waals surface area (Å²) in [6, 6.07) is 7.34. The Bertz CT molecular complexity index is 864. The second-order valence-corrected chi connectivity index (χ2v) is 8.07. The van der Waals surface area contributed by atoms with Gasteiger partial charge in [-0.15, -0.1) is 0 Å². The number of piperazine rings is 1. The van der Waals surface area contributed by atoms with Gasteiger partial charge in [-0.25, -0.2) is 15.0 Å². The van der Waals surface area contributed by atoms with Crippen molar-refractivity contribution in [3.8, 4) is 0 Å². The van der Waals surface area contributed by atoms with Crippen molar-refractivity contribution in [1.29, 1.82) is 0 Å².